The van der Waals surface area contributed by atoms with Crippen LogP contribution in [0.5, 0.6) is 11.5 Å². The normalized spacial score (nSPS) is 14.2. The Morgan fingerprint density at radius 1 is 0.761 bits per heavy atom. The number of esters is 2. The monoisotopic (exact) mass is 700 g/mol. The molecular formula is C32H32BBrF2N2O8. The van der Waals surface area contributed by atoms with Crippen LogP contribution in [0.3, 0.4) is 0 Å². The Kier molecular flexibility index (Phi) is 12.0. The van der Waals surface area contributed by atoms with Gasteiger partial charge in [-0.25, -0.2) is 18.4 Å². The second-order valence-corrected chi connectivity index (χ2v) is 11.6. The Bertz CT molecular complexity index is 1690. The van der Waals surface area contributed by atoms with Crippen LogP contribution in [-0.2, 0) is 18.8 Å². The molecule has 1 fully saturated rings. The number of halogens is 3. The number of phenolic OH excluding ortho intramolecular Hbond substituents is 2. The molecule has 5 rings (SSSR count). The molecule has 0 amide bonds. The number of methoxy groups -OCH3 is 2. The lowest BCUT2D eigenvalue weighted by Crippen LogP contribution is -2.41. The molecule has 14 heteroatoms. The lowest BCUT2D eigenvalue weighted by atomic mass is 9.79. The summed E-state index contributed by atoms with van der Waals surface area (Å²) in [6, 6.07) is 11.7. The lowest BCUT2D eigenvalue weighted by molar-refractivity contribution is 0.00578. The van der Waals surface area contributed by atoms with Gasteiger partial charge in [-0.3, -0.25) is 9.97 Å². The second-order valence-electron chi connectivity index (χ2n) is 10.7. The topological polar surface area (TPSA) is 137 Å². The predicted molar refractivity (Wildman–Crippen MR) is 170 cm³/mol. The summed E-state index contributed by atoms with van der Waals surface area (Å²) in [5.74, 6) is -2.13. The SMILES string of the molecule is CC1(C)OB(c2ccncc2F)OC1(C)C.COC(=O)c1ccc(-c2ccncc2F)c(O)c1.COC(=O)c1ccc(Br)c(O)c1. The van der Waals surface area contributed by atoms with Crippen molar-refractivity contribution in [2.24, 2.45) is 0 Å². The standard InChI is InChI=1S/C13H10FNO3.C11H15BFNO2.C8H7BrO3/c1-18-13(17)8-2-3-10(12(16)6-8)9-4-5-15-7-11(9)14;1-10(2)11(3,4)16-12(15-10)8-5-6-14-7-9(8)13;1-12-8(11)5-2-3-6(9)7(10)4-5/h2-7,16H,1H3;5-7H,1-4H3;2-4,10H,1H3. The maximum atomic E-state index is 13.5. The summed E-state index contributed by atoms with van der Waals surface area (Å²) in [6.07, 6.45) is 5.18. The highest BCUT2D eigenvalue weighted by Crippen LogP contribution is 2.36. The Morgan fingerprint density at radius 3 is 1.74 bits per heavy atom. The van der Waals surface area contributed by atoms with Crippen molar-refractivity contribution in [3.63, 3.8) is 0 Å². The minimum absolute atomic E-state index is 0.0258. The van der Waals surface area contributed by atoms with Crippen molar-refractivity contribution in [3.05, 3.63) is 101 Å². The van der Waals surface area contributed by atoms with Crippen molar-refractivity contribution in [1.82, 2.24) is 9.97 Å². The predicted octanol–water partition coefficient (Wildman–Crippen LogP) is 5.84. The summed E-state index contributed by atoms with van der Waals surface area (Å²) in [6.45, 7) is 7.75. The highest BCUT2D eigenvalue weighted by Gasteiger charge is 2.52. The van der Waals surface area contributed by atoms with E-state index in [2.05, 4.69) is 35.4 Å². The molecule has 46 heavy (non-hydrogen) atoms. The number of pyridine rings is 2. The van der Waals surface area contributed by atoms with Gasteiger partial charge in [0.25, 0.3) is 0 Å². The number of phenols is 2. The summed E-state index contributed by atoms with van der Waals surface area (Å²) in [5, 5.41) is 19.0. The number of benzene rings is 2. The van der Waals surface area contributed by atoms with Gasteiger partial charge in [-0.1, -0.05) is 0 Å². The Labute approximate surface area is 273 Å². The average Bonchev–Trinajstić information content (AvgIpc) is 3.24. The fourth-order valence-corrected chi connectivity index (χ4v) is 4.15. The summed E-state index contributed by atoms with van der Waals surface area (Å²) in [5.41, 5.74) is 0.544. The zero-order chi connectivity index (χ0) is 34.2. The summed E-state index contributed by atoms with van der Waals surface area (Å²) in [7, 11) is 1.88. The largest absolute Gasteiger partial charge is 0.507 e. The molecule has 242 valence electrons. The molecule has 2 N–H and O–H groups in total. The van der Waals surface area contributed by atoms with E-state index in [1.807, 2.05) is 27.7 Å². The molecule has 3 heterocycles. The molecule has 0 aliphatic carbocycles. The zero-order valence-corrected chi connectivity index (χ0v) is 27.5. The van der Waals surface area contributed by atoms with Gasteiger partial charge >= 0.3 is 19.1 Å². The van der Waals surface area contributed by atoms with Gasteiger partial charge in [0.15, 0.2) is 0 Å². The van der Waals surface area contributed by atoms with E-state index in [0.29, 0.717) is 21.1 Å². The number of aromatic hydroxyl groups is 2. The van der Waals surface area contributed by atoms with Crippen LogP contribution in [0.4, 0.5) is 8.78 Å². The molecule has 2 aromatic carbocycles. The molecule has 2 aromatic heterocycles. The van der Waals surface area contributed by atoms with Crippen LogP contribution < -0.4 is 5.46 Å². The first-order chi connectivity index (χ1) is 21.6. The van der Waals surface area contributed by atoms with Crippen molar-refractivity contribution >= 4 is 40.4 Å². The van der Waals surface area contributed by atoms with E-state index in [4.69, 9.17) is 9.31 Å². The third-order valence-electron chi connectivity index (χ3n) is 7.16. The third kappa shape index (κ3) is 8.65. The molecule has 1 aliphatic heterocycles. The first-order valence-electron chi connectivity index (χ1n) is 13.6. The highest BCUT2D eigenvalue weighted by molar-refractivity contribution is 9.10. The molecule has 0 radical (unpaired) electrons. The fraction of sp³-hybridized carbons (Fsp3) is 0.250. The van der Waals surface area contributed by atoms with Crippen LogP contribution in [0.15, 0.2) is 77.8 Å². The lowest BCUT2D eigenvalue weighted by Gasteiger charge is -2.32. The smallest absolute Gasteiger partial charge is 0.497 e. The molecule has 1 saturated heterocycles. The summed E-state index contributed by atoms with van der Waals surface area (Å²) < 4.78 is 48.1. The number of hydrogen-bond donors (Lipinski definition) is 2. The first kappa shape index (κ1) is 36.1. The zero-order valence-electron chi connectivity index (χ0n) is 25.9. The maximum absolute atomic E-state index is 13.5. The van der Waals surface area contributed by atoms with Gasteiger partial charge in [-0.15, -0.1) is 0 Å². The molecule has 10 nitrogen and oxygen atoms in total. The number of ether oxygens (including phenoxy) is 2. The van der Waals surface area contributed by atoms with E-state index in [1.165, 1.54) is 63.1 Å². The Morgan fingerprint density at radius 2 is 1.26 bits per heavy atom. The van der Waals surface area contributed by atoms with Crippen LogP contribution >= 0.6 is 15.9 Å². The van der Waals surface area contributed by atoms with Gasteiger partial charge < -0.3 is 29.0 Å². The average molecular weight is 701 g/mol. The fourth-order valence-electron chi connectivity index (χ4n) is 3.90. The Hall–Kier alpha value is -4.40. The van der Waals surface area contributed by atoms with Gasteiger partial charge in [0, 0.05) is 29.0 Å². The number of hydrogen-bond acceptors (Lipinski definition) is 10. The van der Waals surface area contributed by atoms with Gasteiger partial charge in [0.05, 0.1) is 53.4 Å². The van der Waals surface area contributed by atoms with Crippen molar-refractivity contribution in [3.8, 4) is 22.6 Å². The summed E-state index contributed by atoms with van der Waals surface area (Å²) in [4.78, 5) is 29.5. The van der Waals surface area contributed by atoms with Crippen molar-refractivity contribution in [2.75, 3.05) is 14.2 Å². The quantitative estimate of drug-likeness (QED) is 0.197. The molecule has 0 spiro atoms. The van der Waals surface area contributed by atoms with Crippen molar-refractivity contribution in [2.45, 2.75) is 38.9 Å². The van der Waals surface area contributed by atoms with Crippen LogP contribution in [-0.4, -0.2) is 64.7 Å². The van der Waals surface area contributed by atoms with Gasteiger partial charge in [-0.2, -0.15) is 0 Å². The number of rotatable bonds is 4. The van der Waals surface area contributed by atoms with Gasteiger partial charge in [0.1, 0.15) is 23.1 Å². The van der Waals surface area contributed by atoms with Crippen LogP contribution in [0, 0.1) is 11.6 Å². The molecule has 1 aliphatic rings. The van der Waals surface area contributed by atoms with E-state index >= 15 is 0 Å². The minimum Gasteiger partial charge on any atom is -0.507 e. The number of carbonyl (C=O) groups is 2. The van der Waals surface area contributed by atoms with Crippen molar-refractivity contribution < 1.29 is 47.4 Å². The molecule has 0 bridgehead atoms. The second kappa shape index (κ2) is 15.3. The molecule has 0 unspecified atom stereocenters. The molecular weight excluding hydrogens is 669 g/mol. The van der Waals surface area contributed by atoms with E-state index in [0.717, 1.165) is 6.20 Å². The summed E-state index contributed by atoms with van der Waals surface area (Å²) >= 11 is 3.10. The van der Waals surface area contributed by atoms with Gasteiger partial charge in [-0.05, 0) is 92.2 Å². The van der Waals surface area contributed by atoms with E-state index in [-0.39, 0.29) is 22.6 Å². The number of nitrogens with zero attached hydrogens (tertiary/aromatic N) is 2. The highest BCUT2D eigenvalue weighted by atomic mass is 79.9. The number of carbonyl (C=O) groups excluding carboxylic acids is 2. The van der Waals surface area contributed by atoms with Crippen LogP contribution in [0.1, 0.15) is 48.4 Å². The molecule has 4 aromatic rings. The van der Waals surface area contributed by atoms with Crippen LogP contribution in [0.25, 0.3) is 11.1 Å². The van der Waals surface area contributed by atoms with Crippen LogP contribution in [0.2, 0.25) is 0 Å². The molecule has 0 atom stereocenters. The third-order valence-corrected chi connectivity index (χ3v) is 7.83. The number of aromatic nitrogens is 2. The van der Waals surface area contributed by atoms with E-state index in [9.17, 15) is 28.6 Å². The van der Waals surface area contributed by atoms with Crippen molar-refractivity contribution in [1.29, 1.82) is 0 Å². The van der Waals surface area contributed by atoms with Gasteiger partial charge in [0.2, 0.25) is 0 Å². The maximum Gasteiger partial charge on any atom is 0.497 e. The van der Waals surface area contributed by atoms with E-state index in [1.54, 1.807) is 18.2 Å². The molecule has 0 saturated carbocycles. The minimum atomic E-state index is -0.659. The van der Waals surface area contributed by atoms with E-state index < -0.39 is 41.9 Å². The Balaban J connectivity index is 0.000000192. The first-order valence-corrected chi connectivity index (χ1v) is 14.4.